The van der Waals surface area contributed by atoms with Gasteiger partial charge in [-0.05, 0) is 47.6 Å². The summed E-state index contributed by atoms with van der Waals surface area (Å²) in [7, 11) is -3.65. The summed E-state index contributed by atoms with van der Waals surface area (Å²) < 4.78 is 49.0. The second kappa shape index (κ2) is 7.94. The molecule has 0 saturated heterocycles. The molecule has 1 aromatic rings. The highest BCUT2D eigenvalue weighted by atomic mass is 32.2. The molecule has 156 valence electrons. The van der Waals surface area contributed by atoms with Crippen molar-refractivity contribution in [2.24, 2.45) is 0 Å². The summed E-state index contributed by atoms with van der Waals surface area (Å²) in [5.74, 6) is -1.41. The minimum atomic E-state index is -3.65. The number of halogens is 1. The van der Waals surface area contributed by atoms with Gasteiger partial charge in [-0.2, -0.15) is 5.26 Å². The highest BCUT2D eigenvalue weighted by Gasteiger charge is 2.45. The Bertz CT molecular complexity index is 907. The van der Waals surface area contributed by atoms with E-state index >= 15 is 0 Å². The number of nitro groups is 1. The van der Waals surface area contributed by atoms with Gasteiger partial charge >= 0.3 is 0 Å². The number of benzene rings is 1. The molecular formula is C17H25FN4O4S2. The van der Waals surface area contributed by atoms with E-state index in [1.807, 2.05) is 6.07 Å². The molecule has 0 aliphatic carbocycles. The van der Waals surface area contributed by atoms with E-state index in [0.717, 1.165) is 18.2 Å². The number of hydrogen-bond acceptors (Lipinski definition) is 7. The van der Waals surface area contributed by atoms with Crippen LogP contribution in [0, 0.1) is 32.0 Å². The molecule has 0 radical (unpaired) electrons. The lowest BCUT2D eigenvalue weighted by atomic mass is 9.94. The molecule has 0 saturated carbocycles. The lowest BCUT2D eigenvalue weighted by Gasteiger charge is -2.37. The summed E-state index contributed by atoms with van der Waals surface area (Å²) >= 11 is -1.77. The van der Waals surface area contributed by atoms with Crippen LogP contribution in [-0.2, 0) is 26.6 Å². The van der Waals surface area contributed by atoms with Crippen LogP contribution < -0.4 is 4.72 Å². The van der Waals surface area contributed by atoms with Gasteiger partial charge in [0.15, 0.2) is 0 Å². The van der Waals surface area contributed by atoms with Gasteiger partial charge in [0.25, 0.3) is 5.69 Å². The lowest BCUT2D eigenvalue weighted by molar-refractivity contribution is -0.385. The van der Waals surface area contributed by atoms with E-state index in [4.69, 9.17) is 4.78 Å². The first-order chi connectivity index (χ1) is 12.5. The van der Waals surface area contributed by atoms with Crippen molar-refractivity contribution in [3.8, 4) is 6.07 Å². The number of rotatable bonds is 7. The fourth-order valence-corrected chi connectivity index (χ4v) is 4.77. The van der Waals surface area contributed by atoms with E-state index in [2.05, 4.69) is 4.72 Å². The molecule has 0 amide bonds. The van der Waals surface area contributed by atoms with E-state index in [1.54, 1.807) is 20.8 Å². The van der Waals surface area contributed by atoms with Crippen LogP contribution in [0.25, 0.3) is 0 Å². The molecule has 11 heteroatoms. The van der Waals surface area contributed by atoms with Crippen molar-refractivity contribution >= 4 is 26.8 Å². The standard InChI is InChI=1S/C17H25FN4O4S2/c1-15(2,3)27(25)21-17(6,11-28(20,26)16(4,5)10-19)13-9-12(22(23)24)7-8-14(13)18/h7-9,20-21H,11H2,1-6H3/t17-,27?,28?/m0/s1. The van der Waals surface area contributed by atoms with Crippen LogP contribution in [0.3, 0.4) is 0 Å². The molecule has 1 aromatic carbocycles. The Morgan fingerprint density at radius 3 is 2.29 bits per heavy atom. The Hall–Kier alpha value is -1.74. The topological polar surface area (TPSA) is 143 Å². The molecule has 0 bridgehead atoms. The molecule has 0 aromatic heterocycles. The molecule has 3 atom stereocenters. The van der Waals surface area contributed by atoms with Crippen molar-refractivity contribution in [2.45, 2.75) is 56.6 Å². The fourth-order valence-electron chi connectivity index (χ4n) is 2.23. The van der Waals surface area contributed by atoms with Crippen LogP contribution in [0.5, 0.6) is 0 Å². The van der Waals surface area contributed by atoms with Crippen molar-refractivity contribution in [2.75, 3.05) is 5.75 Å². The third-order valence-corrected chi connectivity index (χ3v) is 8.69. The van der Waals surface area contributed by atoms with Gasteiger partial charge in [-0.1, -0.05) is 0 Å². The maximum absolute atomic E-state index is 14.6. The minimum Gasteiger partial charge on any atom is -0.598 e. The van der Waals surface area contributed by atoms with Gasteiger partial charge in [0, 0.05) is 29.1 Å². The quantitative estimate of drug-likeness (QED) is 0.384. The predicted molar refractivity (Wildman–Crippen MR) is 107 cm³/mol. The second-order valence-electron chi connectivity index (χ2n) is 8.18. The zero-order valence-corrected chi connectivity index (χ0v) is 18.3. The Balaban J connectivity index is 3.65. The number of nitro benzene ring substituents is 1. The third kappa shape index (κ3) is 5.20. The zero-order chi connectivity index (χ0) is 22.1. The minimum absolute atomic E-state index is 0.243. The SMILES string of the molecule is CC(C)(C)[S+]([O-])N[C@@](C)(CS(=N)(=O)C(C)(C)C#N)c1cc([N+](=O)[O-])ccc1F. The molecule has 0 spiro atoms. The second-order valence-corrected chi connectivity index (χ2v) is 12.8. The molecule has 1 rings (SSSR count). The van der Waals surface area contributed by atoms with E-state index < -0.39 is 58.3 Å². The van der Waals surface area contributed by atoms with E-state index in [1.165, 1.54) is 20.8 Å². The monoisotopic (exact) mass is 432 g/mol. The smallest absolute Gasteiger partial charge is 0.269 e. The van der Waals surface area contributed by atoms with Gasteiger partial charge in [-0.25, -0.2) is 8.60 Å². The average Bonchev–Trinajstić information content (AvgIpc) is 2.53. The van der Waals surface area contributed by atoms with Crippen molar-refractivity contribution < 1.29 is 18.1 Å². The van der Waals surface area contributed by atoms with Crippen LogP contribution in [0.15, 0.2) is 18.2 Å². The van der Waals surface area contributed by atoms with Gasteiger partial charge in [0.2, 0.25) is 0 Å². The summed E-state index contributed by atoms with van der Waals surface area (Å²) in [6.45, 7) is 9.02. The maximum atomic E-state index is 14.6. The summed E-state index contributed by atoms with van der Waals surface area (Å²) in [6, 6.07) is 4.66. The lowest BCUT2D eigenvalue weighted by Crippen LogP contribution is -2.54. The van der Waals surface area contributed by atoms with Gasteiger partial charge in [-0.15, -0.1) is 4.72 Å². The summed E-state index contributed by atoms with van der Waals surface area (Å²) in [5, 5.41) is 20.4. The highest BCUT2D eigenvalue weighted by molar-refractivity contribution is 7.94. The Kier molecular flexibility index (Phi) is 6.89. The number of nitrogens with zero attached hydrogens (tertiary/aromatic N) is 2. The van der Waals surface area contributed by atoms with E-state index in [9.17, 15) is 28.5 Å². The number of hydrogen-bond donors (Lipinski definition) is 2. The molecule has 0 fully saturated rings. The maximum Gasteiger partial charge on any atom is 0.269 e. The Morgan fingerprint density at radius 1 is 1.32 bits per heavy atom. The van der Waals surface area contributed by atoms with Gasteiger partial charge in [0.05, 0.1) is 26.5 Å². The van der Waals surface area contributed by atoms with Crippen LogP contribution in [0.4, 0.5) is 10.1 Å². The molecule has 0 aliphatic rings. The van der Waals surface area contributed by atoms with Crippen LogP contribution >= 0.6 is 0 Å². The first-order valence-electron chi connectivity index (χ1n) is 8.28. The highest BCUT2D eigenvalue weighted by Crippen LogP contribution is 2.34. The average molecular weight is 433 g/mol. The molecule has 8 nitrogen and oxygen atoms in total. The van der Waals surface area contributed by atoms with Gasteiger partial charge in [0.1, 0.15) is 20.9 Å². The Labute approximate surface area is 168 Å². The molecule has 0 heterocycles. The van der Waals surface area contributed by atoms with Crippen LogP contribution in [0.1, 0.15) is 47.1 Å². The zero-order valence-electron chi connectivity index (χ0n) is 16.7. The first-order valence-corrected chi connectivity index (χ1v) is 11.2. The first kappa shape index (κ1) is 24.3. The van der Waals surface area contributed by atoms with Crippen LogP contribution in [-0.4, -0.2) is 28.9 Å². The number of non-ortho nitro benzene ring substituents is 1. The summed E-state index contributed by atoms with van der Waals surface area (Å²) in [4.78, 5) is 10.4. The van der Waals surface area contributed by atoms with Gasteiger partial charge in [-0.3, -0.25) is 14.9 Å². The molecule has 28 heavy (non-hydrogen) atoms. The normalized spacial score (nSPS) is 17.8. The molecular weight excluding hydrogens is 407 g/mol. The van der Waals surface area contributed by atoms with E-state index in [-0.39, 0.29) is 5.56 Å². The number of nitrogens with one attached hydrogen (secondary N) is 2. The van der Waals surface area contributed by atoms with Crippen molar-refractivity contribution in [1.82, 2.24) is 4.72 Å². The van der Waals surface area contributed by atoms with Crippen molar-refractivity contribution in [1.29, 1.82) is 10.0 Å². The van der Waals surface area contributed by atoms with Gasteiger partial charge < -0.3 is 4.55 Å². The van der Waals surface area contributed by atoms with Crippen LogP contribution in [0.2, 0.25) is 0 Å². The fraction of sp³-hybridized carbons (Fsp3) is 0.588. The molecule has 0 aliphatic heterocycles. The molecule has 2 N–H and O–H groups in total. The molecule has 2 unspecified atom stereocenters. The summed E-state index contributed by atoms with van der Waals surface area (Å²) in [6.07, 6.45) is 0. The third-order valence-electron chi connectivity index (χ3n) is 4.21. The predicted octanol–water partition coefficient (Wildman–Crippen LogP) is 3.35. The Morgan fingerprint density at radius 2 is 1.86 bits per heavy atom. The van der Waals surface area contributed by atoms with Crippen molar-refractivity contribution in [3.05, 3.63) is 39.7 Å². The largest absolute Gasteiger partial charge is 0.598 e. The van der Waals surface area contributed by atoms with Crippen molar-refractivity contribution in [3.63, 3.8) is 0 Å². The van der Waals surface area contributed by atoms with E-state index in [0.29, 0.717) is 0 Å². The number of nitriles is 1. The summed E-state index contributed by atoms with van der Waals surface area (Å²) in [5.41, 5.74) is -2.31.